The summed E-state index contributed by atoms with van der Waals surface area (Å²) in [6.45, 7) is 17.0. The summed E-state index contributed by atoms with van der Waals surface area (Å²) in [6, 6.07) is 0. The fraction of sp³-hybridized carbons (Fsp3) is 1.00. The smallest absolute Gasteiger partial charge is 0.238 e. The average Bonchev–Trinajstić information content (AvgIpc) is 2.87. The molecule has 0 rings (SSSR count). The minimum atomic E-state index is -1.34. The third-order valence-electron chi connectivity index (χ3n) is 8.30. The summed E-state index contributed by atoms with van der Waals surface area (Å²) < 4.78 is 0. The van der Waals surface area contributed by atoms with Crippen molar-refractivity contribution < 1.29 is 30.1 Å². The molecule has 4 unspecified atom stereocenters. The van der Waals surface area contributed by atoms with Crippen molar-refractivity contribution in [1.29, 1.82) is 0 Å². The van der Waals surface area contributed by atoms with E-state index in [0.717, 1.165) is 103 Å². The molecule has 0 aromatic rings. The summed E-state index contributed by atoms with van der Waals surface area (Å²) in [5, 5.41) is 20.6. The number of rotatable bonds is 25. The molecule has 0 aromatic heterocycles. The van der Waals surface area contributed by atoms with Crippen molar-refractivity contribution in [2.24, 2.45) is 23.7 Å². The Morgan fingerprint density at radius 1 is 0.444 bits per heavy atom. The van der Waals surface area contributed by atoms with Crippen LogP contribution in [0.2, 0.25) is 0 Å². The Morgan fingerprint density at radius 2 is 0.667 bits per heavy atom. The maximum Gasteiger partial charge on any atom is 0.238 e. The predicted molar refractivity (Wildman–Crippen MR) is 148 cm³/mol. The van der Waals surface area contributed by atoms with Gasteiger partial charge < -0.3 is 0 Å². The van der Waals surface area contributed by atoms with Crippen LogP contribution in [0.25, 0.3) is 0 Å². The van der Waals surface area contributed by atoms with E-state index in [4.69, 9.17) is 19.6 Å². The van der Waals surface area contributed by atoms with Crippen LogP contribution in [0.4, 0.5) is 0 Å². The predicted octanol–water partition coefficient (Wildman–Crippen LogP) is 10.2. The van der Waals surface area contributed by atoms with Crippen LogP contribution in [0, 0.1) is 23.7 Å². The van der Waals surface area contributed by atoms with Gasteiger partial charge in [0.05, 0.1) is 0 Å². The zero-order valence-corrected chi connectivity index (χ0v) is 25.2. The van der Waals surface area contributed by atoms with E-state index in [1.54, 1.807) is 0 Å². The molecule has 0 amide bonds. The molecule has 0 aliphatic heterocycles. The third kappa shape index (κ3) is 11.2. The molecule has 0 saturated heterocycles. The van der Waals surface area contributed by atoms with Crippen molar-refractivity contribution >= 4 is 0 Å². The van der Waals surface area contributed by atoms with Gasteiger partial charge in [0, 0.05) is 23.7 Å². The van der Waals surface area contributed by atoms with Crippen molar-refractivity contribution in [2.75, 3.05) is 0 Å². The molecule has 6 heteroatoms. The van der Waals surface area contributed by atoms with Gasteiger partial charge in [0.25, 0.3) is 0 Å². The lowest BCUT2D eigenvalue weighted by Gasteiger charge is -2.44. The van der Waals surface area contributed by atoms with Gasteiger partial charge in [-0.3, -0.25) is 0 Å². The van der Waals surface area contributed by atoms with Gasteiger partial charge in [-0.25, -0.2) is 20.3 Å². The fourth-order valence-corrected chi connectivity index (χ4v) is 5.43. The fourth-order valence-electron chi connectivity index (χ4n) is 5.43. The average molecular weight is 519 g/mol. The third-order valence-corrected chi connectivity index (χ3v) is 8.30. The van der Waals surface area contributed by atoms with Gasteiger partial charge in [-0.05, 0) is 25.7 Å². The van der Waals surface area contributed by atoms with E-state index in [9.17, 15) is 10.5 Å². The molecule has 4 atom stereocenters. The van der Waals surface area contributed by atoms with Gasteiger partial charge >= 0.3 is 0 Å². The molecule has 0 aromatic carbocycles. The molecular weight excluding hydrogens is 456 g/mol. The van der Waals surface area contributed by atoms with Gasteiger partial charge in [0.15, 0.2) is 0 Å². The molecule has 0 saturated carbocycles. The minimum absolute atomic E-state index is 0.104. The van der Waals surface area contributed by atoms with E-state index in [-0.39, 0.29) is 23.7 Å². The second kappa shape index (κ2) is 20.7. The van der Waals surface area contributed by atoms with E-state index >= 15 is 0 Å². The minimum Gasteiger partial charge on any atom is -0.249 e. The summed E-state index contributed by atoms with van der Waals surface area (Å²) in [5.41, 5.74) is 0. The Hall–Kier alpha value is -0.240. The van der Waals surface area contributed by atoms with E-state index in [2.05, 4.69) is 55.4 Å². The quantitative estimate of drug-likeness (QED) is 0.0541. The number of hydrogen-bond donors (Lipinski definition) is 2. The van der Waals surface area contributed by atoms with Crippen molar-refractivity contribution in [3.63, 3.8) is 0 Å². The Kier molecular flexibility index (Phi) is 20.6. The highest BCUT2D eigenvalue weighted by Gasteiger charge is 2.52. The highest BCUT2D eigenvalue weighted by Crippen LogP contribution is 2.43. The second-order valence-corrected chi connectivity index (χ2v) is 11.4. The Labute approximate surface area is 223 Å². The van der Waals surface area contributed by atoms with Crippen LogP contribution in [0.5, 0.6) is 0 Å². The molecule has 2 N–H and O–H groups in total. The highest BCUT2D eigenvalue weighted by molar-refractivity contribution is 4.84. The van der Waals surface area contributed by atoms with Gasteiger partial charge in [0.2, 0.25) is 11.6 Å². The van der Waals surface area contributed by atoms with Crippen molar-refractivity contribution in [3.05, 3.63) is 0 Å². The van der Waals surface area contributed by atoms with Crippen molar-refractivity contribution in [1.82, 2.24) is 0 Å². The molecule has 0 radical (unpaired) electrons. The van der Waals surface area contributed by atoms with E-state index < -0.39 is 11.6 Å². The molecule has 36 heavy (non-hydrogen) atoms. The first kappa shape index (κ1) is 35.8. The monoisotopic (exact) mass is 518 g/mol. The lowest BCUT2D eigenvalue weighted by atomic mass is 9.82. The van der Waals surface area contributed by atoms with E-state index in [0.29, 0.717) is 0 Å². The zero-order valence-electron chi connectivity index (χ0n) is 25.2. The number of unbranched alkanes of at least 4 members (excludes halogenated alkanes) is 8. The lowest BCUT2D eigenvalue weighted by Crippen LogP contribution is -2.54. The van der Waals surface area contributed by atoms with Crippen LogP contribution >= 0.6 is 0 Å². The summed E-state index contributed by atoms with van der Waals surface area (Å²) in [7, 11) is 0. The first-order chi connectivity index (χ1) is 17.3. The molecular formula is C30H62O6. The maximum absolute atomic E-state index is 10.3. The molecule has 0 aliphatic rings. The lowest BCUT2D eigenvalue weighted by molar-refractivity contribution is -0.599. The van der Waals surface area contributed by atoms with E-state index in [1.165, 1.54) is 0 Å². The molecule has 6 nitrogen and oxygen atoms in total. The van der Waals surface area contributed by atoms with Gasteiger partial charge in [-0.15, -0.1) is 0 Å². The van der Waals surface area contributed by atoms with Crippen LogP contribution in [0.3, 0.4) is 0 Å². The topological polar surface area (TPSA) is 77.4 Å². The summed E-state index contributed by atoms with van der Waals surface area (Å²) in [5.74, 6) is -3.09. The van der Waals surface area contributed by atoms with Crippen LogP contribution in [-0.2, 0) is 19.6 Å². The highest BCUT2D eigenvalue weighted by atomic mass is 17.3. The van der Waals surface area contributed by atoms with E-state index in [1.807, 2.05) is 0 Å². The van der Waals surface area contributed by atoms with Crippen LogP contribution < -0.4 is 0 Å². The normalized spacial score (nSPS) is 18.8. The molecule has 0 bridgehead atoms. The standard InChI is InChI=1S/C30H62O6/c1-9-13-17-21-25(5)29(33-31,26(6)22-18-14-10-2)35-36-30(34-32,27(7)23-19-15-11-3)28(8)24-20-16-12-4/h25-28,31-32H,9-24H2,1-8H3. The van der Waals surface area contributed by atoms with Crippen molar-refractivity contribution in [3.8, 4) is 0 Å². The van der Waals surface area contributed by atoms with Crippen LogP contribution in [0.1, 0.15) is 158 Å². The molecule has 218 valence electrons. The first-order valence-corrected chi connectivity index (χ1v) is 15.3. The molecule has 0 aliphatic carbocycles. The molecule has 0 spiro atoms. The summed E-state index contributed by atoms with van der Waals surface area (Å²) in [6.07, 6.45) is 16.4. The van der Waals surface area contributed by atoms with Gasteiger partial charge in [-0.1, -0.05) is 132 Å². The second-order valence-electron chi connectivity index (χ2n) is 11.4. The van der Waals surface area contributed by atoms with Crippen molar-refractivity contribution in [2.45, 2.75) is 170 Å². The van der Waals surface area contributed by atoms with Crippen LogP contribution in [-0.4, -0.2) is 22.1 Å². The maximum atomic E-state index is 10.3. The largest absolute Gasteiger partial charge is 0.249 e. The van der Waals surface area contributed by atoms with Crippen LogP contribution in [0.15, 0.2) is 0 Å². The Balaban J connectivity index is 6.01. The SMILES string of the molecule is CCCCCC(C)C(OO)(OOC(OO)(C(C)CCCCC)C(C)CCCCC)C(C)CCCCC. The van der Waals surface area contributed by atoms with Gasteiger partial charge in [-0.2, -0.15) is 9.78 Å². The zero-order chi connectivity index (χ0) is 27.5. The molecule has 0 heterocycles. The Bertz CT molecular complexity index is 424. The summed E-state index contributed by atoms with van der Waals surface area (Å²) in [4.78, 5) is 22.9. The van der Waals surface area contributed by atoms with Gasteiger partial charge in [0.1, 0.15) is 0 Å². The first-order valence-electron chi connectivity index (χ1n) is 15.3. The Morgan fingerprint density at radius 3 is 0.833 bits per heavy atom. The summed E-state index contributed by atoms with van der Waals surface area (Å²) >= 11 is 0. The molecule has 0 fully saturated rings. The number of hydrogen-bond acceptors (Lipinski definition) is 6.